The molecule has 126 valence electrons. The predicted octanol–water partition coefficient (Wildman–Crippen LogP) is 4.89. The number of para-hydroxylation sites is 1. The Hall–Kier alpha value is -1.54. The van der Waals surface area contributed by atoms with Gasteiger partial charge in [0.25, 0.3) is 0 Å². The third kappa shape index (κ3) is 3.69. The van der Waals surface area contributed by atoms with Crippen LogP contribution in [0.2, 0.25) is 0 Å². The first-order valence-electron chi connectivity index (χ1n) is 9.08. The lowest BCUT2D eigenvalue weighted by molar-refractivity contribution is 0.205. The molecule has 0 spiro atoms. The molecule has 1 aromatic carbocycles. The summed E-state index contributed by atoms with van der Waals surface area (Å²) in [7, 11) is 2.24. The van der Waals surface area contributed by atoms with E-state index in [2.05, 4.69) is 73.2 Å². The molecule has 1 fully saturated rings. The van der Waals surface area contributed by atoms with Crippen molar-refractivity contribution in [2.75, 3.05) is 31.6 Å². The highest BCUT2D eigenvalue weighted by Gasteiger charge is 2.41. The third-order valence-corrected chi connectivity index (χ3v) is 5.18. The Morgan fingerprint density at radius 1 is 1.09 bits per heavy atom. The van der Waals surface area contributed by atoms with Crippen molar-refractivity contribution in [1.82, 2.24) is 4.90 Å². The van der Waals surface area contributed by atoms with Gasteiger partial charge in [-0.1, -0.05) is 44.2 Å². The first-order chi connectivity index (χ1) is 11.2. The average molecular weight is 313 g/mol. The van der Waals surface area contributed by atoms with Gasteiger partial charge in [0.15, 0.2) is 0 Å². The van der Waals surface area contributed by atoms with E-state index in [0.717, 1.165) is 6.54 Å². The molecule has 1 heterocycles. The van der Waals surface area contributed by atoms with Crippen molar-refractivity contribution in [3.63, 3.8) is 0 Å². The number of likely N-dealkylation sites (N-methyl/N-ethyl adjacent to an activating group) is 1. The second kappa shape index (κ2) is 7.83. The lowest BCUT2D eigenvalue weighted by atomic mass is 9.78. The molecule has 0 amide bonds. The highest BCUT2D eigenvalue weighted by atomic mass is 15.2. The highest BCUT2D eigenvalue weighted by molar-refractivity contribution is 5.58. The highest BCUT2D eigenvalue weighted by Crippen LogP contribution is 2.41. The first-order valence-corrected chi connectivity index (χ1v) is 9.08. The molecule has 0 atom stereocenters. The Morgan fingerprint density at radius 2 is 1.65 bits per heavy atom. The Kier molecular flexibility index (Phi) is 6.06. The van der Waals surface area contributed by atoms with Crippen molar-refractivity contribution in [2.45, 2.75) is 46.1 Å². The smallest absolute Gasteiger partial charge is 0.0644 e. The van der Waals surface area contributed by atoms with Crippen LogP contribution in [0.3, 0.4) is 0 Å². The quantitative estimate of drug-likeness (QED) is 0.781. The molecule has 0 radical (unpaired) electrons. The average Bonchev–Trinajstić information content (AvgIpc) is 3.44. The second-order valence-electron chi connectivity index (χ2n) is 6.33. The van der Waals surface area contributed by atoms with Gasteiger partial charge >= 0.3 is 0 Å². The zero-order valence-corrected chi connectivity index (χ0v) is 15.5. The van der Waals surface area contributed by atoms with Gasteiger partial charge in [-0.05, 0) is 57.0 Å². The minimum Gasteiger partial charge on any atom is -0.362 e. The fourth-order valence-corrected chi connectivity index (χ4v) is 3.74. The van der Waals surface area contributed by atoms with Gasteiger partial charge in [0.05, 0.1) is 5.54 Å². The zero-order chi connectivity index (χ0) is 16.9. The molecule has 2 aliphatic rings. The molecular weight excluding hydrogens is 280 g/mol. The summed E-state index contributed by atoms with van der Waals surface area (Å²) in [4.78, 5) is 5.08. The number of benzene rings is 1. The molecule has 1 aromatic rings. The minimum absolute atomic E-state index is 0.182. The fraction of sp³-hybridized carbons (Fsp3) is 0.524. The van der Waals surface area contributed by atoms with E-state index in [0.29, 0.717) is 0 Å². The largest absolute Gasteiger partial charge is 0.362 e. The maximum absolute atomic E-state index is 2.63. The second-order valence-corrected chi connectivity index (χ2v) is 6.33. The number of hydrogen-bond acceptors (Lipinski definition) is 2. The summed E-state index contributed by atoms with van der Waals surface area (Å²) in [6.45, 7) is 12.0. The minimum atomic E-state index is 0.182. The van der Waals surface area contributed by atoms with Crippen LogP contribution in [-0.2, 0) is 0 Å². The van der Waals surface area contributed by atoms with Gasteiger partial charge in [0.2, 0.25) is 0 Å². The van der Waals surface area contributed by atoms with E-state index in [1.54, 1.807) is 5.57 Å². The number of rotatable bonds is 4. The van der Waals surface area contributed by atoms with Gasteiger partial charge in [0, 0.05) is 25.3 Å². The van der Waals surface area contributed by atoms with Crippen LogP contribution in [0.15, 0.2) is 53.6 Å². The summed E-state index contributed by atoms with van der Waals surface area (Å²) >= 11 is 0. The van der Waals surface area contributed by atoms with Crippen molar-refractivity contribution < 1.29 is 0 Å². The van der Waals surface area contributed by atoms with Crippen molar-refractivity contribution in [2.24, 2.45) is 0 Å². The van der Waals surface area contributed by atoms with E-state index in [-0.39, 0.29) is 5.54 Å². The van der Waals surface area contributed by atoms with E-state index in [1.165, 1.54) is 37.2 Å². The first kappa shape index (κ1) is 17.8. The van der Waals surface area contributed by atoms with Gasteiger partial charge in [-0.25, -0.2) is 0 Å². The van der Waals surface area contributed by atoms with Crippen LogP contribution in [0.5, 0.6) is 0 Å². The van der Waals surface area contributed by atoms with Crippen molar-refractivity contribution >= 4 is 5.69 Å². The lowest BCUT2D eigenvalue weighted by Crippen LogP contribution is -2.56. The molecule has 23 heavy (non-hydrogen) atoms. The van der Waals surface area contributed by atoms with E-state index in [1.807, 2.05) is 13.8 Å². The number of nitrogens with zero attached hydrogens (tertiary/aromatic N) is 2. The Bertz CT molecular complexity index is 540. The Balaban J connectivity index is 0.000000924. The molecule has 0 unspecified atom stereocenters. The molecule has 0 N–H and O–H groups in total. The molecular formula is C21H32N2. The number of piperidine rings is 1. The van der Waals surface area contributed by atoms with Gasteiger partial charge in [0.1, 0.15) is 0 Å². The molecule has 0 bridgehead atoms. The van der Waals surface area contributed by atoms with Crippen molar-refractivity contribution in [3.05, 3.63) is 53.6 Å². The SMILES string of the molecule is CC.CCN(c1ccccc1)C1(C(C)=C2C=C2)CCN(C)CC1. The van der Waals surface area contributed by atoms with Gasteiger partial charge in [-0.15, -0.1) is 0 Å². The summed E-state index contributed by atoms with van der Waals surface area (Å²) in [5.74, 6) is 0. The van der Waals surface area contributed by atoms with E-state index in [9.17, 15) is 0 Å². The van der Waals surface area contributed by atoms with Crippen LogP contribution in [0, 0.1) is 0 Å². The van der Waals surface area contributed by atoms with Crippen LogP contribution in [0.4, 0.5) is 5.69 Å². The van der Waals surface area contributed by atoms with E-state index < -0.39 is 0 Å². The number of anilines is 1. The summed E-state index contributed by atoms with van der Waals surface area (Å²) < 4.78 is 0. The van der Waals surface area contributed by atoms with Crippen molar-refractivity contribution in [3.8, 4) is 0 Å². The van der Waals surface area contributed by atoms with E-state index >= 15 is 0 Å². The summed E-state index contributed by atoms with van der Waals surface area (Å²) in [6.07, 6.45) is 6.94. The molecule has 1 saturated heterocycles. The van der Waals surface area contributed by atoms with Crippen molar-refractivity contribution in [1.29, 1.82) is 0 Å². The van der Waals surface area contributed by atoms with Crippen LogP contribution in [-0.4, -0.2) is 37.1 Å². The lowest BCUT2D eigenvalue weighted by Gasteiger charge is -2.50. The third-order valence-electron chi connectivity index (χ3n) is 5.18. The molecule has 0 saturated carbocycles. The molecule has 2 nitrogen and oxygen atoms in total. The Morgan fingerprint density at radius 3 is 2.13 bits per heavy atom. The molecule has 0 aromatic heterocycles. The van der Waals surface area contributed by atoms with Gasteiger partial charge in [-0.3, -0.25) is 0 Å². The molecule has 2 heteroatoms. The van der Waals surface area contributed by atoms with Gasteiger partial charge in [-0.2, -0.15) is 0 Å². The van der Waals surface area contributed by atoms with Crippen LogP contribution in [0.1, 0.15) is 40.5 Å². The summed E-state index contributed by atoms with van der Waals surface area (Å²) in [5, 5.41) is 0. The van der Waals surface area contributed by atoms with E-state index in [4.69, 9.17) is 0 Å². The summed E-state index contributed by atoms with van der Waals surface area (Å²) in [6, 6.07) is 10.9. The molecule has 3 rings (SSSR count). The fourth-order valence-electron chi connectivity index (χ4n) is 3.74. The van der Waals surface area contributed by atoms with Crippen LogP contribution >= 0.6 is 0 Å². The zero-order valence-electron chi connectivity index (χ0n) is 15.5. The van der Waals surface area contributed by atoms with Gasteiger partial charge < -0.3 is 9.80 Å². The standard InChI is InChI=1S/C19H26N2.C2H6/c1-4-21(18-8-6-5-7-9-18)19(16(2)17-10-11-17)12-14-20(3)15-13-19;1-2/h5-11H,4,12-15H2,1-3H3;1-2H3. The molecule has 1 aliphatic heterocycles. The number of allylic oxidation sites excluding steroid dienone is 3. The van der Waals surface area contributed by atoms with Crippen LogP contribution in [0.25, 0.3) is 0 Å². The monoisotopic (exact) mass is 312 g/mol. The maximum atomic E-state index is 2.63. The summed E-state index contributed by atoms with van der Waals surface area (Å²) in [5.41, 5.74) is 4.56. The number of likely N-dealkylation sites (tertiary alicyclic amines) is 1. The normalized spacial score (nSPS) is 18.9. The maximum Gasteiger partial charge on any atom is 0.0644 e. The van der Waals surface area contributed by atoms with Crippen LogP contribution < -0.4 is 4.90 Å². The number of hydrogen-bond donors (Lipinski definition) is 0. The topological polar surface area (TPSA) is 6.48 Å². The predicted molar refractivity (Wildman–Crippen MR) is 102 cm³/mol. The molecule has 1 aliphatic carbocycles. The Labute approximate surface area is 142 Å².